The van der Waals surface area contributed by atoms with E-state index < -0.39 is 0 Å². The van der Waals surface area contributed by atoms with Crippen LogP contribution < -0.4 is 5.32 Å². The highest BCUT2D eigenvalue weighted by molar-refractivity contribution is 9.11. The van der Waals surface area contributed by atoms with Crippen LogP contribution in [0.5, 0.6) is 0 Å². The first-order valence-electron chi connectivity index (χ1n) is 6.22. The van der Waals surface area contributed by atoms with E-state index in [0.717, 1.165) is 31.1 Å². The summed E-state index contributed by atoms with van der Waals surface area (Å²) >= 11 is 12.8. The quantitative estimate of drug-likeness (QED) is 0.567. The van der Waals surface area contributed by atoms with Gasteiger partial charge in [-0.1, -0.05) is 39.7 Å². The van der Waals surface area contributed by atoms with Crippen LogP contribution in [0.3, 0.4) is 0 Å². The zero-order valence-corrected chi connectivity index (χ0v) is 14.7. The number of fused-ring (bicyclic) bond motifs is 1. The zero-order chi connectivity index (χ0) is 14.8. The number of aromatic nitrogens is 2. The van der Waals surface area contributed by atoms with Crippen LogP contribution in [0, 0.1) is 0 Å². The maximum Gasteiger partial charge on any atom is 0.143 e. The van der Waals surface area contributed by atoms with Gasteiger partial charge in [0, 0.05) is 22.6 Å². The maximum atomic E-state index is 5.89. The molecule has 0 radical (unpaired) electrons. The van der Waals surface area contributed by atoms with Gasteiger partial charge < -0.3 is 5.32 Å². The molecule has 6 heteroatoms. The van der Waals surface area contributed by atoms with Crippen molar-refractivity contribution in [1.29, 1.82) is 0 Å². The molecule has 0 fully saturated rings. The second-order valence-electron chi connectivity index (χ2n) is 4.46. The molecule has 3 aromatic rings. The molecule has 0 bridgehead atoms. The minimum Gasteiger partial charge on any atom is -0.380 e. The van der Waals surface area contributed by atoms with Gasteiger partial charge in [-0.05, 0) is 39.7 Å². The van der Waals surface area contributed by atoms with E-state index in [0.29, 0.717) is 11.7 Å². The maximum absolute atomic E-state index is 5.89. The van der Waals surface area contributed by atoms with E-state index in [9.17, 15) is 0 Å². The number of hydrogen-bond donors (Lipinski definition) is 1. The Labute approximate surface area is 144 Å². The topological polar surface area (TPSA) is 37.8 Å². The lowest BCUT2D eigenvalue weighted by atomic mass is 10.1. The fraction of sp³-hybridized carbons (Fsp3) is 0.0667. The monoisotopic (exact) mass is 425 g/mol. The SMILES string of the molecule is Clc1ncc(NCc2ccc(Br)c3cccnc23)cc1Br. The first-order valence-corrected chi connectivity index (χ1v) is 8.18. The predicted molar refractivity (Wildman–Crippen MR) is 93.7 cm³/mol. The third-order valence-corrected chi connectivity index (χ3v) is 4.90. The Morgan fingerprint density at radius 3 is 2.76 bits per heavy atom. The minimum atomic E-state index is 0.455. The third kappa shape index (κ3) is 3.20. The van der Waals surface area contributed by atoms with Crippen molar-refractivity contribution in [3.8, 4) is 0 Å². The lowest BCUT2D eigenvalue weighted by Crippen LogP contribution is -2.01. The van der Waals surface area contributed by atoms with Crippen LogP contribution in [0.1, 0.15) is 5.56 Å². The molecule has 0 atom stereocenters. The highest BCUT2D eigenvalue weighted by Crippen LogP contribution is 2.27. The number of anilines is 1. The average molecular weight is 428 g/mol. The predicted octanol–water partition coefficient (Wildman–Crippen LogP) is 5.42. The summed E-state index contributed by atoms with van der Waals surface area (Å²) in [7, 11) is 0. The van der Waals surface area contributed by atoms with Crippen molar-refractivity contribution in [1.82, 2.24) is 9.97 Å². The molecule has 2 heterocycles. The Hall–Kier alpha value is -1.17. The van der Waals surface area contributed by atoms with E-state index in [4.69, 9.17) is 11.6 Å². The van der Waals surface area contributed by atoms with E-state index in [2.05, 4.69) is 59.3 Å². The Balaban J connectivity index is 1.88. The van der Waals surface area contributed by atoms with Crippen LogP contribution in [-0.2, 0) is 6.54 Å². The van der Waals surface area contributed by atoms with Crippen molar-refractivity contribution < 1.29 is 0 Å². The van der Waals surface area contributed by atoms with Gasteiger partial charge in [-0.3, -0.25) is 4.98 Å². The first kappa shape index (κ1) is 14.8. The first-order chi connectivity index (χ1) is 10.1. The molecule has 1 N–H and O–H groups in total. The molecule has 0 saturated heterocycles. The second kappa shape index (κ2) is 6.30. The number of pyridine rings is 2. The van der Waals surface area contributed by atoms with Gasteiger partial charge in [-0.15, -0.1) is 0 Å². The Morgan fingerprint density at radius 2 is 1.95 bits per heavy atom. The molecule has 106 valence electrons. The zero-order valence-electron chi connectivity index (χ0n) is 10.8. The van der Waals surface area contributed by atoms with Crippen molar-refractivity contribution in [2.45, 2.75) is 6.54 Å². The Kier molecular flexibility index (Phi) is 4.42. The molecule has 0 aliphatic heterocycles. The van der Waals surface area contributed by atoms with Crippen molar-refractivity contribution in [2.24, 2.45) is 0 Å². The molecular weight excluding hydrogens is 417 g/mol. The second-order valence-corrected chi connectivity index (χ2v) is 6.52. The highest BCUT2D eigenvalue weighted by atomic mass is 79.9. The van der Waals surface area contributed by atoms with E-state index in [1.54, 1.807) is 12.4 Å². The average Bonchev–Trinajstić information content (AvgIpc) is 2.50. The van der Waals surface area contributed by atoms with Crippen LogP contribution in [-0.4, -0.2) is 9.97 Å². The molecule has 0 saturated carbocycles. The van der Waals surface area contributed by atoms with Crippen LogP contribution in [0.2, 0.25) is 5.15 Å². The smallest absolute Gasteiger partial charge is 0.143 e. The van der Waals surface area contributed by atoms with Gasteiger partial charge in [0.2, 0.25) is 0 Å². The van der Waals surface area contributed by atoms with E-state index in [1.807, 2.05) is 18.2 Å². The summed E-state index contributed by atoms with van der Waals surface area (Å²) in [5, 5.41) is 4.89. The summed E-state index contributed by atoms with van der Waals surface area (Å²) in [4.78, 5) is 8.57. The molecule has 0 aliphatic carbocycles. The van der Waals surface area contributed by atoms with Crippen molar-refractivity contribution >= 4 is 60.1 Å². The molecule has 21 heavy (non-hydrogen) atoms. The molecule has 0 amide bonds. The van der Waals surface area contributed by atoms with Crippen molar-refractivity contribution in [2.75, 3.05) is 5.32 Å². The summed E-state index contributed by atoms with van der Waals surface area (Å²) in [6.45, 7) is 0.663. The fourth-order valence-corrected chi connectivity index (χ4v) is 2.96. The molecule has 3 rings (SSSR count). The van der Waals surface area contributed by atoms with Crippen LogP contribution in [0.4, 0.5) is 5.69 Å². The van der Waals surface area contributed by atoms with Crippen molar-refractivity contribution in [3.63, 3.8) is 0 Å². The van der Waals surface area contributed by atoms with E-state index in [-0.39, 0.29) is 0 Å². The number of hydrogen-bond acceptors (Lipinski definition) is 3. The molecule has 0 unspecified atom stereocenters. The van der Waals surface area contributed by atoms with Gasteiger partial charge in [0.05, 0.1) is 21.9 Å². The van der Waals surface area contributed by atoms with E-state index in [1.165, 1.54) is 0 Å². The fourth-order valence-electron chi connectivity index (χ4n) is 2.05. The number of nitrogens with zero attached hydrogens (tertiary/aromatic N) is 2. The third-order valence-electron chi connectivity index (χ3n) is 3.08. The summed E-state index contributed by atoms with van der Waals surface area (Å²) in [6, 6.07) is 9.99. The van der Waals surface area contributed by atoms with Gasteiger partial charge >= 0.3 is 0 Å². The highest BCUT2D eigenvalue weighted by Gasteiger charge is 2.06. The summed E-state index contributed by atoms with van der Waals surface area (Å²) < 4.78 is 1.82. The molecule has 0 aliphatic rings. The summed E-state index contributed by atoms with van der Waals surface area (Å²) in [5.74, 6) is 0. The lowest BCUT2D eigenvalue weighted by Gasteiger charge is -2.10. The molecule has 1 aromatic carbocycles. The number of benzene rings is 1. The molecule has 0 spiro atoms. The van der Waals surface area contributed by atoms with Gasteiger partial charge in [0.15, 0.2) is 0 Å². The standard InChI is InChI=1S/C15H10Br2ClN3/c16-12-4-3-9(14-11(12)2-1-5-19-14)7-20-10-6-13(17)15(18)21-8-10/h1-6,8,20H,7H2. The number of halogens is 3. The molecule has 3 nitrogen and oxygen atoms in total. The normalized spacial score (nSPS) is 10.8. The van der Waals surface area contributed by atoms with Gasteiger partial charge in [0.1, 0.15) is 5.15 Å². The van der Waals surface area contributed by atoms with Crippen LogP contribution in [0.25, 0.3) is 10.9 Å². The van der Waals surface area contributed by atoms with Gasteiger partial charge in [-0.25, -0.2) is 4.98 Å². The largest absolute Gasteiger partial charge is 0.380 e. The summed E-state index contributed by atoms with van der Waals surface area (Å²) in [6.07, 6.45) is 3.51. The van der Waals surface area contributed by atoms with Gasteiger partial charge in [0.25, 0.3) is 0 Å². The molecular formula is C15H10Br2ClN3. The number of rotatable bonds is 3. The summed E-state index contributed by atoms with van der Waals surface area (Å²) in [5.41, 5.74) is 3.01. The van der Waals surface area contributed by atoms with Crippen LogP contribution in [0.15, 0.2) is 51.7 Å². The lowest BCUT2D eigenvalue weighted by molar-refractivity contribution is 1.14. The Morgan fingerprint density at radius 1 is 1.10 bits per heavy atom. The van der Waals surface area contributed by atoms with E-state index >= 15 is 0 Å². The molecule has 2 aromatic heterocycles. The van der Waals surface area contributed by atoms with Crippen LogP contribution >= 0.6 is 43.5 Å². The van der Waals surface area contributed by atoms with Crippen molar-refractivity contribution in [3.05, 3.63) is 62.4 Å². The Bertz CT molecular complexity index is 808. The van der Waals surface area contributed by atoms with Gasteiger partial charge in [-0.2, -0.15) is 0 Å². The minimum absolute atomic E-state index is 0.455. The number of nitrogens with one attached hydrogen (secondary N) is 1.